The fraction of sp³-hybridized carbons (Fsp3) is 0.360. The van der Waals surface area contributed by atoms with E-state index in [9.17, 15) is 22.8 Å². The minimum Gasteiger partial charge on any atom is -0.362 e. The van der Waals surface area contributed by atoms with E-state index in [1.165, 1.54) is 12.1 Å². The number of aryl methyl sites for hydroxylation is 1. The number of halogens is 3. The number of carbonyl (C=O) groups excluding carboxylic acids is 2. The number of carbonyl (C=O) groups is 2. The first-order valence-electron chi connectivity index (χ1n) is 11.3. The van der Waals surface area contributed by atoms with Gasteiger partial charge < -0.3 is 15.1 Å². The van der Waals surface area contributed by atoms with Crippen molar-refractivity contribution in [3.05, 3.63) is 65.0 Å². The topological polar surface area (TPSA) is 77.9 Å². The van der Waals surface area contributed by atoms with Gasteiger partial charge in [-0.15, -0.1) is 0 Å². The Balaban J connectivity index is 1.69. The van der Waals surface area contributed by atoms with E-state index in [-0.39, 0.29) is 12.3 Å². The van der Waals surface area contributed by atoms with Crippen LogP contribution in [0.1, 0.15) is 30.9 Å². The summed E-state index contributed by atoms with van der Waals surface area (Å²) in [6.45, 7) is 4.62. The Hall–Kier alpha value is -3.69. The second-order valence-electron chi connectivity index (χ2n) is 8.56. The van der Waals surface area contributed by atoms with Crippen LogP contribution < -0.4 is 10.2 Å². The molecule has 2 aromatic rings. The quantitative estimate of drug-likeness (QED) is 0.618. The third kappa shape index (κ3) is 4.91. The van der Waals surface area contributed by atoms with E-state index in [0.29, 0.717) is 30.9 Å². The number of anilines is 2. The van der Waals surface area contributed by atoms with Gasteiger partial charge in [0.15, 0.2) is 5.84 Å². The van der Waals surface area contributed by atoms with Crippen LogP contribution in [-0.4, -0.2) is 53.6 Å². The number of amidine groups is 1. The van der Waals surface area contributed by atoms with Gasteiger partial charge in [-0.3, -0.25) is 9.59 Å². The molecule has 3 heterocycles. The van der Waals surface area contributed by atoms with E-state index in [4.69, 9.17) is 0 Å². The van der Waals surface area contributed by atoms with Gasteiger partial charge in [0.05, 0.1) is 17.8 Å². The van der Waals surface area contributed by atoms with Crippen molar-refractivity contribution in [2.75, 3.05) is 30.4 Å². The predicted octanol–water partition coefficient (Wildman–Crippen LogP) is 4.20. The number of rotatable bonds is 6. The largest absolute Gasteiger partial charge is 0.416 e. The third-order valence-electron chi connectivity index (χ3n) is 6.23. The number of aliphatic imine (C=N–C) groups is 1. The highest BCUT2D eigenvalue weighted by atomic mass is 19.4. The van der Waals surface area contributed by atoms with Crippen molar-refractivity contribution >= 4 is 28.9 Å². The van der Waals surface area contributed by atoms with Gasteiger partial charge >= 0.3 is 6.18 Å². The first kappa shape index (κ1) is 24.4. The van der Waals surface area contributed by atoms with Gasteiger partial charge in [-0.1, -0.05) is 13.0 Å². The molecule has 2 aliphatic rings. The van der Waals surface area contributed by atoms with Crippen molar-refractivity contribution in [2.45, 2.75) is 39.0 Å². The number of hydrogen-bond donors (Lipinski definition) is 1. The number of alkyl halides is 3. The van der Waals surface area contributed by atoms with Crippen LogP contribution in [0, 0.1) is 6.92 Å². The molecule has 0 saturated carbocycles. The first-order valence-corrected chi connectivity index (χ1v) is 11.3. The maximum Gasteiger partial charge on any atom is 0.416 e. The van der Waals surface area contributed by atoms with Crippen molar-refractivity contribution < 1.29 is 22.8 Å². The number of pyridine rings is 1. The first-order chi connectivity index (χ1) is 16.6. The van der Waals surface area contributed by atoms with Gasteiger partial charge in [0.2, 0.25) is 5.78 Å². The van der Waals surface area contributed by atoms with Crippen molar-refractivity contribution in [2.24, 2.45) is 4.99 Å². The molecule has 0 radical (unpaired) electrons. The number of likely N-dealkylation sites (N-methyl/N-ethyl adjacent to an activating group) is 1. The standard InChI is InChI=1S/C25H26F3N5O2/c1-4-20(34)21(35)24-31-19-14-33(22-15(2)6-5-12-29-22)13-11-18(19)23(32(24)3)30-17-9-7-16(8-10-17)25(26,27)28/h5-10,12,23,30H,4,11,13-14H2,1-3H3. The second kappa shape index (κ2) is 9.52. The number of ketones is 2. The van der Waals surface area contributed by atoms with E-state index in [1.54, 1.807) is 25.1 Å². The summed E-state index contributed by atoms with van der Waals surface area (Å²) in [6.07, 6.45) is -2.61. The summed E-state index contributed by atoms with van der Waals surface area (Å²) in [5, 5.41) is 3.24. The molecule has 1 N–H and O–H groups in total. The summed E-state index contributed by atoms with van der Waals surface area (Å²) in [4.78, 5) is 37.8. The number of hydrogen-bond acceptors (Lipinski definition) is 7. The fourth-order valence-electron chi connectivity index (χ4n) is 4.31. The number of benzene rings is 1. The van der Waals surface area contributed by atoms with Gasteiger partial charge in [-0.2, -0.15) is 13.2 Å². The number of nitrogens with one attached hydrogen (secondary N) is 1. The Morgan fingerprint density at radius 2 is 1.89 bits per heavy atom. The molecular weight excluding hydrogens is 459 g/mol. The smallest absolute Gasteiger partial charge is 0.362 e. The van der Waals surface area contributed by atoms with Gasteiger partial charge in [0.1, 0.15) is 12.0 Å². The summed E-state index contributed by atoms with van der Waals surface area (Å²) in [5.41, 5.74) is 2.28. The number of aromatic nitrogens is 1. The van der Waals surface area contributed by atoms with E-state index in [1.807, 2.05) is 19.1 Å². The van der Waals surface area contributed by atoms with E-state index >= 15 is 0 Å². The molecule has 10 heteroatoms. The summed E-state index contributed by atoms with van der Waals surface area (Å²) in [7, 11) is 1.65. The molecule has 0 fully saturated rings. The van der Waals surface area contributed by atoms with Crippen LogP contribution in [0.4, 0.5) is 24.7 Å². The Morgan fingerprint density at radius 3 is 2.51 bits per heavy atom. The maximum atomic E-state index is 13.0. The summed E-state index contributed by atoms with van der Waals surface area (Å²) < 4.78 is 39.0. The van der Waals surface area contributed by atoms with Gasteiger partial charge in [-0.05, 0) is 54.8 Å². The Bertz CT molecular complexity index is 1200. The van der Waals surface area contributed by atoms with Crippen molar-refractivity contribution in [1.82, 2.24) is 9.88 Å². The van der Waals surface area contributed by atoms with Gasteiger partial charge in [0, 0.05) is 31.9 Å². The molecule has 1 aromatic heterocycles. The molecule has 35 heavy (non-hydrogen) atoms. The molecule has 2 aliphatic heterocycles. The van der Waals surface area contributed by atoms with Crippen LogP contribution in [0.15, 0.2) is 58.9 Å². The normalized spacial score (nSPS) is 18.2. The molecule has 7 nitrogen and oxygen atoms in total. The molecular formula is C25H26F3N5O2. The van der Waals surface area contributed by atoms with Crippen LogP contribution in [0.25, 0.3) is 0 Å². The van der Waals surface area contributed by atoms with E-state index < -0.39 is 29.5 Å². The van der Waals surface area contributed by atoms with E-state index in [0.717, 1.165) is 29.1 Å². The van der Waals surface area contributed by atoms with Gasteiger partial charge in [-0.25, -0.2) is 9.98 Å². The SMILES string of the molecule is CCC(=O)C(=O)C1=NC2=C(CCN(c3ncccc3C)C2)C(Nc2ccc(C(F)(F)F)cc2)N1C. The van der Waals surface area contributed by atoms with Crippen molar-refractivity contribution in [1.29, 1.82) is 0 Å². The lowest BCUT2D eigenvalue weighted by molar-refractivity contribution is -0.137. The molecule has 0 saturated heterocycles. The zero-order chi connectivity index (χ0) is 25.3. The lowest BCUT2D eigenvalue weighted by Gasteiger charge is -2.41. The average molecular weight is 486 g/mol. The predicted molar refractivity (Wildman–Crippen MR) is 127 cm³/mol. The summed E-state index contributed by atoms with van der Waals surface area (Å²) in [5.74, 6) is -0.411. The third-order valence-corrected chi connectivity index (χ3v) is 6.23. The molecule has 0 amide bonds. The van der Waals surface area contributed by atoms with Crippen molar-refractivity contribution in [3.8, 4) is 0 Å². The summed E-state index contributed by atoms with van der Waals surface area (Å²) >= 11 is 0. The molecule has 0 aliphatic carbocycles. The number of nitrogens with zero attached hydrogens (tertiary/aromatic N) is 4. The second-order valence-corrected chi connectivity index (χ2v) is 8.56. The van der Waals surface area contributed by atoms with Gasteiger partial charge in [0.25, 0.3) is 5.78 Å². The molecule has 4 rings (SSSR count). The zero-order valence-electron chi connectivity index (χ0n) is 19.7. The maximum absolute atomic E-state index is 13.0. The number of Topliss-reactive ketones (excluding diaryl/α,β-unsaturated/α-hetero) is 2. The van der Waals surface area contributed by atoms with Crippen molar-refractivity contribution in [3.63, 3.8) is 0 Å². The Morgan fingerprint density at radius 1 is 1.17 bits per heavy atom. The Kier molecular flexibility index (Phi) is 6.64. The lowest BCUT2D eigenvalue weighted by Crippen LogP contribution is -2.52. The molecule has 0 bridgehead atoms. The van der Waals surface area contributed by atoms with Crippen LogP contribution in [0.5, 0.6) is 0 Å². The van der Waals surface area contributed by atoms with Crippen LogP contribution >= 0.6 is 0 Å². The zero-order valence-corrected chi connectivity index (χ0v) is 19.7. The monoisotopic (exact) mass is 485 g/mol. The Labute approximate surface area is 201 Å². The van der Waals surface area contributed by atoms with Crippen LogP contribution in [0.3, 0.4) is 0 Å². The molecule has 1 unspecified atom stereocenters. The highest BCUT2D eigenvalue weighted by molar-refractivity contribution is 6.64. The minimum atomic E-state index is -4.43. The molecule has 0 spiro atoms. The highest BCUT2D eigenvalue weighted by Gasteiger charge is 2.37. The summed E-state index contributed by atoms with van der Waals surface area (Å²) in [6, 6.07) is 8.55. The molecule has 1 atom stereocenters. The molecule has 1 aromatic carbocycles. The fourth-order valence-corrected chi connectivity index (χ4v) is 4.31. The van der Waals surface area contributed by atoms with Crippen LogP contribution in [-0.2, 0) is 15.8 Å². The lowest BCUT2D eigenvalue weighted by atomic mass is 9.97. The average Bonchev–Trinajstić information content (AvgIpc) is 2.84. The van der Waals surface area contributed by atoms with Crippen LogP contribution in [0.2, 0.25) is 0 Å². The highest BCUT2D eigenvalue weighted by Crippen LogP contribution is 2.34. The van der Waals surface area contributed by atoms with E-state index in [2.05, 4.69) is 20.2 Å². The minimum absolute atomic E-state index is 0.0135. The molecule has 184 valence electrons.